The predicted molar refractivity (Wildman–Crippen MR) is 91.0 cm³/mol. The third-order valence-electron chi connectivity index (χ3n) is 4.16. The van der Waals surface area contributed by atoms with Gasteiger partial charge in [0.15, 0.2) is 0 Å². The molecule has 0 heterocycles. The van der Waals surface area contributed by atoms with Crippen molar-refractivity contribution in [2.75, 3.05) is 20.1 Å². The molecule has 120 valence electrons. The molecule has 1 aromatic carbocycles. The van der Waals surface area contributed by atoms with E-state index in [-0.39, 0.29) is 17.7 Å². The zero-order valence-corrected chi connectivity index (χ0v) is 14.7. The first-order valence-corrected chi connectivity index (χ1v) is 8.05. The SMILES string of the molecule is CCN(CC)C(C)(C)C(NC)c1ccc(OC(C)C)cc1. The third kappa shape index (κ3) is 4.45. The summed E-state index contributed by atoms with van der Waals surface area (Å²) in [6.07, 6.45) is 0.211. The van der Waals surface area contributed by atoms with Gasteiger partial charge in [0.1, 0.15) is 5.75 Å². The fourth-order valence-electron chi connectivity index (χ4n) is 3.16. The zero-order chi connectivity index (χ0) is 16.0. The molecule has 3 heteroatoms. The van der Waals surface area contributed by atoms with Crippen molar-refractivity contribution in [2.45, 2.75) is 59.2 Å². The molecule has 0 spiro atoms. The topological polar surface area (TPSA) is 24.5 Å². The molecular formula is C18H32N2O. The lowest BCUT2D eigenvalue weighted by molar-refractivity contribution is 0.0944. The van der Waals surface area contributed by atoms with Gasteiger partial charge in [-0.1, -0.05) is 26.0 Å². The number of rotatable bonds is 8. The van der Waals surface area contributed by atoms with E-state index in [0.717, 1.165) is 18.8 Å². The molecule has 0 aliphatic rings. The standard InChI is InChI=1S/C18H32N2O/c1-8-20(9-2)18(5,6)17(19-7)15-10-12-16(13-11-15)21-14(3)4/h10-14,17,19H,8-9H2,1-7H3. The smallest absolute Gasteiger partial charge is 0.119 e. The first kappa shape index (κ1) is 18.0. The fourth-order valence-corrected chi connectivity index (χ4v) is 3.16. The van der Waals surface area contributed by atoms with Crippen LogP contribution in [0.25, 0.3) is 0 Å². The van der Waals surface area contributed by atoms with Crippen molar-refractivity contribution >= 4 is 0 Å². The van der Waals surface area contributed by atoms with Gasteiger partial charge in [-0.2, -0.15) is 0 Å². The first-order chi connectivity index (χ1) is 9.86. The molecule has 1 unspecified atom stereocenters. The second-order valence-corrected chi connectivity index (χ2v) is 6.28. The average Bonchev–Trinajstić information content (AvgIpc) is 2.41. The summed E-state index contributed by atoms with van der Waals surface area (Å²) in [5.74, 6) is 0.934. The highest BCUT2D eigenvalue weighted by atomic mass is 16.5. The Balaban J connectivity index is 2.98. The summed E-state index contributed by atoms with van der Waals surface area (Å²) in [4.78, 5) is 2.49. The quantitative estimate of drug-likeness (QED) is 0.787. The van der Waals surface area contributed by atoms with E-state index in [4.69, 9.17) is 4.74 Å². The van der Waals surface area contributed by atoms with Crippen molar-refractivity contribution in [1.82, 2.24) is 10.2 Å². The summed E-state index contributed by atoms with van der Waals surface area (Å²) in [6, 6.07) is 8.76. The monoisotopic (exact) mass is 292 g/mol. The summed E-state index contributed by atoms with van der Waals surface area (Å²) in [6.45, 7) is 15.3. The van der Waals surface area contributed by atoms with Crippen LogP contribution < -0.4 is 10.1 Å². The third-order valence-corrected chi connectivity index (χ3v) is 4.16. The van der Waals surface area contributed by atoms with Crippen molar-refractivity contribution in [3.63, 3.8) is 0 Å². The van der Waals surface area contributed by atoms with E-state index in [1.807, 2.05) is 20.9 Å². The second kappa shape index (κ2) is 7.81. The second-order valence-electron chi connectivity index (χ2n) is 6.28. The van der Waals surface area contributed by atoms with Crippen LogP contribution in [0, 0.1) is 0 Å². The molecule has 0 aromatic heterocycles. The number of ether oxygens (including phenoxy) is 1. The molecule has 1 N–H and O–H groups in total. The summed E-state index contributed by atoms with van der Waals surface area (Å²) in [5, 5.41) is 3.49. The van der Waals surface area contributed by atoms with Crippen molar-refractivity contribution in [2.24, 2.45) is 0 Å². The Morgan fingerprint density at radius 3 is 2.00 bits per heavy atom. The van der Waals surface area contributed by atoms with Crippen molar-refractivity contribution in [3.05, 3.63) is 29.8 Å². The predicted octanol–water partition coefficient (Wildman–Crippen LogP) is 3.85. The maximum absolute atomic E-state index is 5.73. The van der Waals surface area contributed by atoms with Crippen LogP contribution in [0.5, 0.6) is 5.75 Å². The van der Waals surface area contributed by atoms with Gasteiger partial charge >= 0.3 is 0 Å². The highest BCUT2D eigenvalue weighted by molar-refractivity contribution is 5.31. The molecule has 0 aliphatic heterocycles. The lowest BCUT2D eigenvalue weighted by Crippen LogP contribution is -2.51. The Morgan fingerprint density at radius 1 is 1.10 bits per heavy atom. The lowest BCUT2D eigenvalue weighted by atomic mass is 9.87. The van der Waals surface area contributed by atoms with Gasteiger partial charge in [0.2, 0.25) is 0 Å². The Morgan fingerprint density at radius 2 is 1.62 bits per heavy atom. The van der Waals surface area contributed by atoms with Crippen LogP contribution in [-0.4, -0.2) is 36.7 Å². The van der Waals surface area contributed by atoms with Crippen LogP contribution in [0.3, 0.4) is 0 Å². The molecule has 0 fully saturated rings. The van der Waals surface area contributed by atoms with Gasteiger partial charge in [0.25, 0.3) is 0 Å². The number of nitrogens with zero attached hydrogens (tertiary/aromatic N) is 1. The summed E-state index contributed by atoms with van der Waals surface area (Å²) < 4.78 is 5.73. The summed E-state index contributed by atoms with van der Waals surface area (Å²) in [5.41, 5.74) is 1.35. The van der Waals surface area contributed by atoms with E-state index in [0.29, 0.717) is 0 Å². The van der Waals surface area contributed by atoms with E-state index < -0.39 is 0 Å². The summed E-state index contributed by atoms with van der Waals surface area (Å²) >= 11 is 0. The van der Waals surface area contributed by atoms with Crippen LogP contribution in [-0.2, 0) is 0 Å². The number of hydrogen-bond donors (Lipinski definition) is 1. The van der Waals surface area contributed by atoms with Gasteiger partial charge in [-0.15, -0.1) is 0 Å². The van der Waals surface area contributed by atoms with E-state index in [9.17, 15) is 0 Å². The molecule has 1 aromatic rings. The molecule has 0 amide bonds. The number of nitrogens with one attached hydrogen (secondary N) is 1. The number of benzene rings is 1. The van der Waals surface area contributed by atoms with Crippen molar-refractivity contribution in [1.29, 1.82) is 0 Å². The summed E-state index contributed by atoms with van der Waals surface area (Å²) in [7, 11) is 2.04. The Hall–Kier alpha value is -1.06. The van der Waals surface area contributed by atoms with Crippen LogP contribution in [0.15, 0.2) is 24.3 Å². The molecule has 0 saturated heterocycles. The molecule has 0 radical (unpaired) electrons. The van der Waals surface area contributed by atoms with Crippen LogP contribution in [0.4, 0.5) is 0 Å². The minimum atomic E-state index is 0.0542. The van der Waals surface area contributed by atoms with Gasteiger partial charge in [-0.05, 0) is 65.5 Å². The molecule has 21 heavy (non-hydrogen) atoms. The van der Waals surface area contributed by atoms with Crippen LogP contribution in [0.2, 0.25) is 0 Å². The molecule has 0 aliphatic carbocycles. The largest absolute Gasteiger partial charge is 0.491 e. The Labute approximate surface area is 130 Å². The van der Waals surface area contributed by atoms with Crippen LogP contribution >= 0.6 is 0 Å². The van der Waals surface area contributed by atoms with Gasteiger partial charge in [0.05, 0.1) is 6.10 Å². The highest BCUT2D eigenvalue weighted by Crippen LogP contribution is 2.31. The molecule has 0 saturated carbocycles. The molecule has 0 bridgehead atoms. The minimum absolute atomic E-state index is 0.0542. The zero-order valence-electron chi connectivity index (χ0n) is 14.7. The molecule has 1 rings (SSSR count). The first-order valence-electron chi connectivity index (χ1n) is 8.05. The van der Waals surface area contributed by atoms with E-state index >= 15 is 0 Å². The number of likely N-dealkylation sites (N-methyl/N-ethyl adjacent to an activating group) is 2. The van der Waals surface area contributed by atoms with Gasteiger partial charge < -0.3 is 10.1 Å². The maximum Gasteiger partial charge on any atom is 0.119 e. The average molecular weight is 292 g/mol. The van der Waals surface area contributed by atoms with Gasteiger partial charge in [-0.25, -0.2) is 0 Å². The lowest BCUT2D eigenvalue weighted by Gasteiger charge is -2.43. The van der Waals surface area contributed by atoms with E-state index in [2.05, 4.69) is 62.2 Å². The minimum Gasteiger partial charge on any atom is -0.491 e. The Kier molecular flexibility index (Phi) is 6.69. The van der Waals surface area contributed by atoms with E-state index in [1.54, 1.807) is 0 Å². The fraction of sp³-hybridized carbons (Fsp3) is 0.667. The van der Waals surface area contributed by atoms with Gasteiger partial charge in [0, 0.05) is 11.6 Å². The van der Waals surface area contributed by atoms with Crippen molar-refractivity contribution < 1.29 is 4.74 Å². The van der Waals surface area contributed by atoms with Crippen LogP contribution in [0.1, 0.15) is 53.1 Å². The molecule has 3 nitrogen and oxygen atoms in total. The normalized spacial score (nSPS) is 13.8. The molecule has 1 atom stereocenters. The molecular weight excluding hydrogens is 260 g/mol. The van der Waals surface area contributed by atoms with E-state index in [1.165, 1.54) is 5.56 Å². The maximum atomic E-state index is 5.73. The Bertz CT molecular complexity index is 408. The highest BCUT2D eigenvalue weighted by Gasteiger charge is 2.34. The van der Waals surface area contributed by atoms with Crippen molar-refractivity contribution in [3.8, 4) is 5.75 Å². The number of hydrogen-bond acceptors (Lipinski definition) is 3. The van der Waals surface area contributed by atoms with Gasteiger partial charge in [-0.3, -0.25) is 4.90 Å².